The van der Waals surface area contributed by atoms with Gasteiger partial charge in [0, 0.05) is 25.1 Å². The second kappa shape index (κ2) is 10.1. The smallest absolute Gasteiger partial charge is 0.339 e. The van der Waals surface area contributed by atoms with Crippen molar-refractivity contribution in [3.63, 3.8) is 0 Å². The van der Waals surface area contributed by atoms with Crippen LogP contribution in [-0.4, -0.2) is 42.5 Å². The fourth-order valence-electron chi connectivity index (χ4n) is 5.89. The van der Waals surface area contributed by atoms with Crippen molar-refractivity contribution in [2.75, 3.05) is 6.61 Å². The van der Waals surface area contributed by atoms with E-state index in [1.165, 1.54) is 38.3 Å². The van der Waals surface area contributed by atoms with Crippen LogP contribution in [0.4, 0.5) is 0 Å². The molecule has 0 bridgehead atoms. The van der Waals surface area contributed by atoms with E-state index in [2.05, 4.69) is 46.6 Å². The maximum Gasteiger partial charge on any atom is 0.339 e. The molecule has 0 unspecified atom stereocenters. The number of ether oxygens (including phenoxy) is 1. The van der Waals surface area contributed by atoms with Gasteiger partial charge in [-0.05, 0) is 67.0 Å². The largest absolute Gasteiger partial charge is 0.493 e. The van der Waals surface area contributed by atoms with Crippen LogP contribution in [-0.2, 0) is 7.05 Å². The third kappa shape index (κ3) is 4.71. The lowest BCUT2D eigenvalue weighted by Crippen LogP contribution is -2.15. The molecule has 38 heavy (non-hydrogen) atoms. The van der Waals surface area contributed by atoms with Crippen molar-refractivity contribution in [3.8, 4) is 22.6 Å². The summed E-state index contributed by atoms with van der Waals surface area (Å²) in [5.41, 5.74) is 5.93. The van der Waals surface area contributed by atoms with Crippen LogP contribution in [0.1, 0.15) is 77.7 Å². The molecule has 2 aliphatic carbocycles. The van der Waals surface area contributed by atoms with Gasteiger partial charge in [-0.1, -0.05) is 48.7 Å². The Hall–Kier alpha value is -3.94. The van der Waals surface area contributed by atoms with Crippen LogP contribution >= 0.6 is 0 Å². The summed E-state index contributed by atoms with van der Waals surface area (Å²) in [6.45, 7) is 2.88. The van der Waals surface area contributed by atoms with Crippen molar-refractivity contribution < 1.29 is 14.6 Å². The minimum absolute atomic E-state index is 0.0298. The van der Waals surface area contributed by atoms with Gasteiger partial charge >= 0.3 is 5.97 Å². The topological polar surface area (TPSA) is 95.1 Å². The van der Waals surface area contributed by atoms with Crippen molar-refractivity contribution in [1.29, 1.82) is 0 Å². The number of aryl methyl sites for hydroxylation is 1. The third-order valence-electron chi connectivity index (χ3n) is 8.06. The Morgan fingerprint density at radius 1 is 1.11 bits per heavy atom. The van der Waals surface area contributed by atoms with Crippen molar-refractivity contribution >= 4 is 5.97 Å². The zero-order valence-corrected chi connectivity index (χ0v) is 21.9. The Labute approximate surface area is 222 Å². The lowest BCUT2D eigenvalue weighted by Gasteiger charge is -2.22. The Morgan fingerprint density at radius 3 is 2.68 bits per heavy atom. The van der Waals surface area contributed by atoms with Gasteiger partial charge in [-0.3, -0.25) is 4.68 Å². The molecule has 0 spiro atoms. The van der Waals surface area contributed by atoms with E-state index in [9.17, 15) is 9.90 Å². The average molecular weight is 512 g/mol. The van der Waals surface area contributed by atoms with E-state index in [1.807, 2.05) is 31.4 Å². The quantitative estimate of drug-likeness (QED) is 0.316. The number of hydrogen-bond acceptors (Lipinski definition) is 5. The summed E-state index contributed by atoms with van der Waals surface area (Å²) < 4.78 is 9.77. The maximum atomic E-state index is 12.1. The Kier molecular flexibility index (Phi) is 6.47. The molecule has 0 radical (unpaired) electrons. The number of nitrogens with zero attached hydrogens (tertiary/aromatic N) is 5. The Balaban J connectivity index is 1.30. The molecule has 8 heteroatoms. The minimum atomic E-state index is -0.967. The molecular formula is C30H33N5O3. The second-order valence-electron chi connectivity index (χ2n) is 10.7. The van der Waals surface area contributed by atoms with Crippen LogP contribution in [0.2, 0.25) is 0 Å². The molecule has 2 heterocycles. The van der Waals surface area contributed by atoms with Crippen LogP contribution in [0.15, 0.2) is 54.9 Å². The van der Waals surface area contributed by atoms with E-state index in [4.69, 9.17) is 4.74 Å². The Morgan fingerprint density at radius 2 is 1.92 bits per heavy atom. The second-order valence-corrected chi connectivity index (χ2v) is 10.7. The zero-order valence-electron chi connectivity index (χ0n) is 21.9. The summed E-state index contributed by atoms with van der Waals surface area (Å²) in [5.74, 6) is 0.773. The summed E-state index contributed by atoms with van der Waals surface area (Å²) in [5, 5.41) is 22.7. The molecule has 2 aromatic carbocycles. The first-order valence-electron chi connectivity index (χ1n) is 13.5. The molecule has 1 N–H and O–H groups in total. The van der Waals surface area contributed by atoms with Crippen LogP contribution in [0.25, 0.3) is 16.8 Å². The van der Waals surface area contributed by atoms with E-state index in [0.717, 1.165) is 46.8 Å². The number of aromatic nitrogens is 5. The van der Waals surface area contributed by atoms with E-state index < -0.39 is 5.97 Å². The summed E-state index contributed by atoms with van der Waals surface area (Å²) in [6.07, 6.45) is 10.6. The van der Waals surface area contributed by atoms with Crippen molar-refractivity contribution in [2.45, 2.75) is 57.3 Å². The molecule has 8 nitrogen and oxygen atoms in total. The monoisotopic (exact) mass is 511 g/mol. The van der Waals surface area contributed by atoms with Crippen molar-refractivity contribution in [1.82, 2.24) is 24.8 Å². The van der Waals surface area contributed by atoms with E-state index in [1.54, 1.807) is 9.36 Å². The van der Waals surface area contributed by atoms with E-state index >= 15 is 0 Å². The standard InChI is InChI=1S/C30H33N5O3/c1-19-23(12-7-13-28(19)38-18-20-8-4-3-5-9-20)21-10-6-11-22(14-21)35-29(26(16-31-35)30(36)37)25-15-24(25)27-17-34(2)33-32-27/h6-7,10-14,16-17,20,24-25H,3-5,8-9,15,18H2,1-2H3,(H,36,37)/t24-,25-/m1/s1. The van der Waals surface area contributed by atoms with Gasteiger partial charge in [0.1, 0.15) is 11.3 Å². The van der Waals surface area contributed by atoms with Crippen molar-refractivity contribution in [3.05, 3.63) is 77.4 Å². The number of hydrogen-bond donors (Lipinski definition) is 1. The summed E-state index contributed by atoms with van der Waals surface area (Å²) in [7, 11) is 1.84. The highest BCUT2D eigenvalue weighted by atomic mass is 16.5. The first-order valence-corrected chi connectivity index (χ1v) is 13.5. The van der Waals surface area contributed by atoms with E-state index in [0.29, 0.717) is 11.6 Å². The van der Waals surface area contributed by atoms with Gasteiger partial charge in [-0.25, -0.2) is 9.48 Å². The molecule has 2 aromatic heterocycles. The fraction of sp³-hybridized carbons (Fsp3) is 0.400. The highest BCUT2D eigenvalue weighted by Crippen LogP contribution is 2.55. The maximum absolute atomic E-state index is 12.1. The molecule has 2 saturated carbocycles. The van der Waals surface area contributed by atoms with Crippen LogP contribution < -0.4 is 4.74 Å². The molecule has 196 valence electrons. The molecular weight excluding hydrogens is 478 g/mol. The SMILES string of the molecule is Cc1c(OCC2CCCCC2)cccc1-c1cccc(-n2ncc(C(=O)O)c2[C@@H]2C[C@H]2c2cn(C)nn2)c1. The number of rotatable bonds is 8. The molecule has 4 aromatic rings. The fourth-order valence-corrected chi connectivity index (χ4v) is 5.89. The lowest BCUT2D eigenvalue weighted by atomic mass is 9.90. The first-order chi connectivity index (χ1) is 18.5. The molecule has 2 atom stereocenters. The average Bonchev–Trinajstić information content (AvgIpc) is 3.37. The molecule has 2 aliphatic rings. The lowest BCUT2D eigenvalue weighted by molar-refractivity contribution is 0.0695. The summed E-state index contributed by atoms with van der Waals surface area (Å²) in [6, 6.07) is 14.3. The van der Waals surface area contributed by atoms with Gasteiger partial charge in [0.15, 0.2) is 0 Å². The highest BCUT2D eigenvalue weighted by Gasteiger charge is 2.46. The van der Waals surface area contributed by atoms with Crippen molar-refractivity contribution in [2.24, 2.45) is 13.0 Å². The molecule has 0 amide bonds. The predicted octanol–water partition coefficient (Wildman–Crippen LogP) is 5.90. The van der Waals surface area contributed by atoms with Gasteiger partial charge in [0.05, 0.1) is 29.9 Å². The van der Waals surface area contributed by atoms with Gasteiger partial charge in [-0.15, -0.1) is 5.10 Å². The number of carbonyl (C=O) groups is 1. The van der Waals surface area contributed by atoms with E-state index in [-0.39, 0.29) is 17.4 Å². The normalized spacial score (nSPS) is 19.4. The minimum Gasteiger partial charge on any atom is -0.493 e. The number of carboxylic acid groups (broad SMARTS) is 1. The first kappa shape index (κ1) is 24.4. The zero-order chi connectivity index (χ0) is 26.2. The van der Waals surface area contributed by atoms with Gasteiger partial charge < -0.3 is 9.84 Å². The van der Waals surface area contributed by atoms with Crippen LogP contribution in [0, 0.1) is 12.8 Å². The highest BCUT2D eigenvalue weighted by molar-refractivity contribution is 5.89. The molecule has 0 saturated heterocycles. The van der Waals surface area contributed by atoms with Crippen LogP contribution in [0.5, 0.6) is 5.75 Å². The number of carboxylic acids is 1. The van der Waals surface area contributed by atoms with Gasteiger partial charge in [0.25, 0.3) is 0 Å². The summed E-state index contributed by atoms with van der Waals surface area (Å²) >= 11 is 0. The Bertz CT molecular complexity index is 1470. The molecule has 2 fully saturated rings. The van der Waals surface area contributed by atoms with Crippen LogP contribution in [0.3, 0.4) is 0 Å². The number of benzene rings is 2. The van der Waals surface area contributed by atoms with Gasteiger partial charge in [0.2, 0.25) is 0 Å². The van der Waals surface area contributed by atoms with Gasteiger partial charge in [-0.2, -0.15) is 5.10 Å². The number of aromatic carboxylic acids is 1. The third-order valence-corrected chi connectivity index (χ3v) is 8.06. The molecule has 0 aliphatic heterocycles. The molecule has 6 rings (SSSR count). The predicted molar refractivity (Wildman–Crippen MR) is 144 cm³/mol. The summed E-state index contributed by atoms with van der Waals surface area (Å²) in [4.78, 5) is 12.1.